The number of rotatable bonds is 4. The van der Waals surface area contributed by atoms with Crippen molar-refractivity contribution in [1.29, 1.82) is 0 Å². The van der Waals surface area contributed by atoms with E-state index >= 15 is 0 Å². The highest BCUT2D eigenvalue weighted by atomic mass is 35.5. The van der Waals surface area contributed by atoms with Crippen LogP contribution in [0.15, 0.2) is 24.3 Å². The summed E-state index contributed by atoms with van der Waals surface area (Å²) >= 11 is 11.4. The van der Waals surface area contributed by atoms with Crippen LogP contribution >= 0.6 is 23.2 Å². The third-order valence-corrected chi connectivity index (χ3v) is 2.44. The van der Waals surface area contributed by atoms with Crippen LogP contribution in [0.25, 0.3) is 0 Å². The first-order valence-corrected chi connectivity index (χ1v) is 5.57. The van der Waals surface area contributed by atoms with Gasteiger partial charge in [-0.25, -0.2) is 0 Å². The molecule has 0 heterocycles. The Morgan fingerprint density at radius 1 is 1.40 bits per heavy atom. The van der Waals surface area contributed by atoms with Crippen LogP contribution in [0, 0.1) is 0 Å². The van der Waals surface area contributed by atoms with Crippen LogP contribution in [-0.4, -0.2) is 17.8 Å². The Balaban J connectivity index is 2.32. The van der Waals surface area contributed by atoms with E-state index in [0.717, 1.165) is 17.0 Å². The Hall–Kier alpha value is -0.730. The van der Waals surface area contributed by atoms with Gasteiger partial charge in [0.2, 0.25) is 5.91 Å². The number of benzene rings is 1. The topological polar surface area (TPSA) is 29.1 Å². The lowest BCUT2D eigenvalue weighted by Gasteiger charge is -2.06. The minimum absolute atomic E-state index is 0.134. The second-order valence-electron chi connectivity index (χ2n) is 3.28. The third-order valence-electron chi connectivity index (χ3n) is 1.99. The van der Waals surface area contributed by atoms with Crippen molar-refractivity contribution in [2.24, 2.45) is 0 Å². The van der Waals surface area contributed by atoms with E-state index in [2.05, 4.69) is 5.32 Å². The van der Waals surface area contributed by atoms with Crippen LogP contribution in [-0.2, 0) is 11.2 Å². The number of carbonyl (C=O) groups excluding carboxylic acids is 1. The molecular weight excluding hydrogens is 233 g/mol. The van der Waals surface area contributed by atoms with Gasteiger partial charge in [-0.1, -0.05) is 23.7 Å². The Labute approximate surface area is 99.6 Å². The predicted octanol–water partition coefficient (Wildman–Crippen LogP) is 2.63. The molecule has 0 radical (unpaired) electrons. The molecule has 1 aromatic rings. The van der Waals surface area contributed by atoms with Crippen molar-refractivity contribution in [1.82, 2.24) is 5.32 Å². The summed E-state index contributed by atoms with van der Waals surface area (Å²) in [5, 5.41) is 2.98. The molecule has 4 heteroatoms. The lowest BCUT2D eigenvalue weighted by molar-refractivity contribution is -0.120. The molecule has 0 spiro atoms. The largest absolute Gasteiger partial charge is 0.354 e. The fraction of sp³-hybridized carbons (Fsp3) is 0.364. The molecule has 0 aliphatic carbocycles. The average molecular weight is 246 g/mol. The summed E-state index contributed by atoms with van der Waals surface area (Å²) in [5.74, 6) is -0.134. The Bertz CT molecular complexity index is 322. The summed E-state index contributed by atoms with van der Waals surface area (Å²) in [6.45, 7) is 2.25. The average Bonchev–Trinajstić information content (AvgIpc) is 2.20. The van der Waals surface area contributed by atoms with Gasteiger partial charge in [-0.15, -0.1) is 11.6 Å². The van der Waals surface area contributed by atoms with Gasteiger partial charge in [-0.2, -0.15) is 0 Å². The molecule has 1 aromatic carbocycles. The molecular formula is C11H13Cl2NO. The van der Waals surface area contributed by atoms with E-state index in [1.165, 1.54) is 0 Å². The Morgan fingerprint density at radius 2 is 2.00 bits per heavy atom. The van der Waals surface area contributed by atoms with E-state index in [1.54, 1.807) is 6.92 Å². The highest BCUT2D eigenvalue weighted by Gasteiger charge is 2.07. The fourth-order valence-electron chi connectivity index (χ4n) is 1.12. The zero-order valence-electron chi connectivity index (χ0n) is 8.47. The quantitative estimate of drug-likeness (QED) is 0.813. The van der Waals surface area contributed by atoms with Gasteiger partial charge >= 0.3 is 0 Å². The van der Waals surface area contributed by atoms with Crippen LogP contribution < -0.4 is 5.32 Å². The van der Waals surface area contributed by atoms with Gasteiger partial charge < -0.3 is 5.32 Å². The van der Waals surface area contributed by atoms with Gasteiger partial charge in [0.05, 0.1) is 0 Å². The first kappa shape index (κ1) is 12.3. The number of nitrogens with one attached hydrogen (secondary N) is 1. The van der Waals surface area contributed by atoms with Gasteiger partial charge in [0.25, 0.3) is 0 Å². The molecule has 15 heavy (non-hydrogen) atoms. The summed E-state index contributed by atoms with van der Waals surface area (Å²) in [6, 6.07) is 7.56. The maximum Gasteiger partial charge on any atom is 0.237 e. The van der Waals surface area contributed by atoms with E-state index in [9.17, 15) is 4.79 Å². The molecule has 0 aromatic heterocycles. The van der Waals surface area contributed by atoms with Gasteiger partial charge in [-0.3, -0.25) is 4.79 Å². The number of alkyl halides is 1. The minimum atomic E-state index is -0.477. The SMILES string of the molecule is C[C@@H](Cl)C(=O)NCCc1ccc(Cl)cc1. The van der Waals surface area contributed by atoms with E-state index in [-0.39, 0.29) is 5.91 Å². The molecule has 0 unspecified atom stereocenters. The van der Waals surface area contributed by atoms with Crippen LogP contribution in [0.3, 0.4) is 0 Å². The van der Waals surface area contributed by atoms with Crippen molar-refractivity contribution in [3.8, 4) is 0 Å². The molecule has 0 saturated carbocycles. The van der Waals surface area contributed by atoms with Gasteiger partial charge in [-0.05, 0) is 31.0 Å². The monoisotopic (exact) mass is 245 g/mol. The number of amides is 1. The fourth-order valence-corrected chi connectivity index (χ4v) is 1.32. The first-order chi connectivity index (χ1) is 7.09. The maximum absolute atomic E-state index is 11.1. The molecule has 82 valence electrons. The van der Waals surface area contributed by atoms with Crippen molar-refractivity contribution >= 4 is 29.1 Å². The van der Waals surface area contributed by atoms with Crippen LogP contribution in [0.2, 0.25) is 5.02 Å². The van der Waals surface area contributed by atoms with Crippen LogP contribution in [0.5, 0.6) is 0 Å². The second-order valence-corrected chi connectivity index (χ2v) is 4.37. The van der Waals surface area contributed by atoms with Crippen LogP contribution in [0.4, 0.5) is 0 Å². The summed E-state index contributed by atoms with van der Waals surface area (Å²) in [5.41, 5.74) is 1.14. The zero-order valence-corrected chi connectivity index (χ0v) is 9.98. The lowest BCUT2D eigenvalue weighted by Crippen LogP contribution is -2.31. The Morgan fingerprint density at radius 3 is 2.53 bits per heavy atom. The number of hydrogen-bond donors (Lipinski definition) is 1. The number of hydrogen-bond acceptors (Lipinski definition) is 1. The number of halogens is 2. The molecule has 0 aliphatic heterocycles. The second kappa shape index (κ2) is 5.99. The highest BCUT2D eigenvalue weighted by Crippen LogP contribution is 2.09. The molecule has 0 fully saturated rings. The standard InChI is InChI=1S/C11H13Cl2NO/c1-8(12)11(15)14-7-6-9-2-4-10(13)5-3-9/h2-5,8H,6-7H2,1H3,(H,14,15)/t8-/m1/s1. The zero-order chi connectivity index (χ0) is 11.3. The maximum atomic E-state index is 11.1. The van der Waals surface area contributed by atoms with Gasteiger partial charge in [0.1, 0.15) is 5.38 Å². The minimum Gasteiger partial charge on any atom is -0.354 e. The van der Waals surface area contributed by atoms with Crippen molar-refractivity contribution in [3.05, 3.63) is 34.9 Å². The van der Waals surface area contributed by atoms with E-state index in [4.69, 9.17) is 23.2 Å². The summed E-state index contributed by atoms with van der Waals surface area (Å²) in [4.78, 5) is 11.1. The van der Waals surface area contributed by atoms with Crippen molar-refractivity contribution in [3.63, 3.8) is 0 Å². The smallest absolute Gasteiger partial charge is 0.237 e. The van der Waals surface area contributed by atoms with Gasteiger partial charge in [0, 0.05) is 11.6 Å². The lowest BCUT2D eigenvalue weighted by atomic mass is 10.1. The van der Waals surface area contributed by atoms with Crippen molar-refractivity contribution < 1.29 is 4.79 Å². The molecule has 1 amide bonds. The summed E-state index contributed by atoms with van der Waals surface area (Å²) in [7, 11) is 0. The molecule has 2 nitrogen and oxygen atoms in total. The predicted molar refractivity (Wildman–Crippen MR) is 63.5 cm³/mol. The van der Waals surface area contributed by atoms with Crippen molar-refractivity contribution in [2.75, 3.05) is 6.54 Å². The normalized spacial score (nSPS) is 12.2. The van der Waals surface area contributed by atoms with Crippen molar-refractivity contribution in [2.45, 2.75) is 18.7 Å². The Kier molecular flexibility index (Phi) is 4.92. The molecule has 0 aliphatic rings. The third kappa shape index (κ3) is 4.54. The van der Waals surface area contributed by atoms with E-state index < -0.39 is 5.38 Å². The highest BCUT2D eigenvalue weighted by molar-refractivity contribution is 6.30. The van der Waals surface area contributed by atoms with E-state index in [1.807, 2.05) is 24.3 Å². The summed E-state index contributed by atoms with van der Waals surface area (Å²) in [6.07, 6.45) is 0.784. The molecule has 0 saturated heterocycles. The number of carbonyl (C=O) groups is 1. The molecule has 0 bridgehead atoms. The molecule has 1 N–H and O–H groups in total. The first-order valence-electron chi connectivity index (χ1n) is 4.76. The summed E-state index contributed by atoms with van der Waals surface area (Å²) < 4.78 is 0. The van der Waals surface area contributed by atoms with Gasteiger partial charge in [0.15, 0.2) is 0 Å². The van der Waals surface area contributed by atoms with E-state index in [0.29, 0.717) is 6.54 Å². The molecule has 1 rings (SSSR count). The molecule has 1 atom stereocenters. The van der Waals surface area contributed by atoms with Crippen LogP contribution in [0.1, 0.15) is 12.5 Å².